The van der Waals surface area contributed by atoms with Gasteiger partial charge in [-0.05, 0) is 37.0 Å². The Hall–Kier alpha value is -1.13. The Balaban J connectivity index is 2.09. The summed E-state index contributed by atoms with van der Waals surface area (Å²) in [7, 11) is 0. The van der Waals surface area contributed by atoms with E-state index in [-0.39, 0.29) is 18.0 Å². The molecule has 0 aromatic heterocycles. The van der Waals surface area contributed by atoms with E-state index in [1.54, 1.807) is 6.07 Å². The van der Waals surface area contributed by atoms with E-state index in [2.05, 4.69) is 11.8 Å². The molecule has 0 amide bonds. The molecule has 1 aromatic carbocycles. The van der Waals surface area contributed by atoms with Crippen LogP contribution in [0.3, 0.4) is 0 Å². The van der Waals surface area contributed by atoms with E-state index in [0.29, 0.717) is 12.3 Å². The predicted octanol–water partition coefficient (Wildman–Crippen LogP) is 2.72. The zero-order valence-electron chi connectivity index (χ0n) is 12.4. The molecular weight excluding hydrogens is 255 g/mol. The van der Waals surface area contributed by atoms with Crippen LogP contribution in [0.1, 0.15) is 32.3 Å². The summed E-state index contributed by atoms with van der Waals surface area (Å²) < 4.78 is 19.9. The van der Waals surface area contributed by atoms with Crippen LogP contribution >= 0.6 is 0 Å². The number of morpholine rings is 1. The Bertz CT molecular complexity index is 438. The van der Waals surface area contributed by atoms with Crippen molar-refractivity contribution in [1.29, 1.82) is 0 Å². The molecular formula is C16H25FN2O. The van der Waals surface area contributed by atoms with E-state index in [4.69, 9.17) is 10.5 Å². The van der Waals surface area contributed by atoms with Crippen molar-refractivity contribution >= 4 is 5.69 Å². The number of benzene rings is 1. The van der Waals surface area contributed by atoms with E-state index in [1.165, 1.54) is 0 Å². The van der Waals surface area contributed by atoms with Gasteiger partial charge in [0.05, 0.1) is 18.4 Å². The fourth-order valence-corrected chi connectivity index (χ4v) is 2.57. The standard InChI is InChI=1S/C16H25FN2O/c1-3-13(18)9-12-5-6-16(15(17)10-12)19-7-8-20-14(4-2)11-19/h5-6,10,13-14H,3-4,7-9,11,18H2,1-2H3. The summed E-state index contributed by atoms with van der Waals surface area (Å²) >= 11 is 0. The number of nitrogens with two attached hydrogens (primary N) is 1. The van der Waals surface area contributed by atoms with Gasteiger partial charge in [0.1, 0.15) is 5.82 Å². The van der Waals surface area contributed by atoms with Crippen LogP contribution in [-0.2, 0) is 11.2 Å². The molecule has 112 valence electrons. The maximum absolute atomic E-state index is 14.3. The second-order valence-corrected chi connectivity index (χ2v) is 5.51. The molecule has 1 aliphatic heterocycles. The SMILES string of the molecule is CCC(N)Cc1ccc(N2CCOC(CC)C2)c(F)c1. The fraction of sp³-hybridized carbons (Fsp3) is 0.625. The lowest BCUT2D eigenvalue weighted by Crippen LogP contribution is -2.42. The lowest BCUT2D eigenvalue weighted by Gasteiger charge is -2.34. The van der Waals surface area contributed by atoms with E-state index >= 15 is 0 Å². The maximum atomic E-state index is 14.3. The highest BCUT2D eigenvalue weighted by molar-refractivity contribution is 5.49. The molecule has 0 aliphatic carbocycles. The Kier molecular flexibility index (Phi) is 5.38. The molecule has 1 heterocycles. The van der Waals surface area contributed by atoms with Crippen molar-refractivity contribution < 1.29 is 9.13 Å². The monoisotopic (exact) mass is 280 g/mol. The number of hydrogen-bond donors (Lipinski definition) is 1. The molecule has 3 nitrogen and oxygen atoms in total. The Morgan fingerprint density at radius 2 is 2.25 bits per heavy atom. The van der Waals surface area contributed by atoms with Crippen LogP contribution in [-0.4, -0.2) is 31.8 Å². The summed E-state index contributed by atoms with van der Waals surface area (Å²) in [6.45, 7) is 6.33. The summed E-state index contributed by atoms with van der Waals surface area (Å²) in [6.07, 6.45) is 2.80. The fourth-order valence-electron chi connectivity index (χ4n) is 2.57. The second-order valence-electron chi connectivity index (χ2n) is 5.51. The van der Waals surface area contributed by atoms with E-state index in [1.807, 2.05) is 19.1 Å². The van der Waals surface area contributed by atoms with Gasteiger partial charge in [0, 0.05) is 19.1 Å². The van der Waals surface area contributed by atoms with Gasteiger partial charge in [-0.3, -0.25) is 0 Å². The van der Waals surface area contributed by atoms with Crippen molar-refractivity contribution in [2.45, 2.75) is 45.3 Å². The third-order valence-corrected chi connectivity index (χ3v) is 3.97. The van der Waals surface area contributed by atoms with Gasteiger partial charge in [-0.15, -0.1) is 0 Å². The van der Waals surface area contributed by atoms with Gasteiger partial charge in [0.15, 0.2) is 0 Å². The number of nitrogens with zero attached hydrogens (tertiary/aromatic N) is 1. The van der Waals surface area contributed by atoms with Crippen LogP contribution in [0.15, 0.2) is 18.2 Å². The first-order valence-corrected chi connectivity index (χ1v) is 7.54. The van der Waals surface area contributed by atoms with Gasteiger partial charge in [-0.2, -0.15) is 0 Å². The largest absolute Gasteiger partial charge is 0.375 e. The van der Waals surface area contributed by atoms with Crippen molar-refractivity contribution in [1.82, 2.24) is 0 Å². The first-order valence-electron chi connectivity index (χ1n) is 7.54. The average Bonchev–Trinajstić information content (AvgIpc) is 2.47. The van der Waals surface area contributed by atoms with Gasteiger partial charge >= 0.3 is 0 Å². The Morgan fingerprint density at radius 1 is 1.45 bits per heavy atom. The van der Waals surface area contributed by atoms with Crippen molar-refractivity contribution in [2.75, 3.05) is 24.6 Å². The molecule has 0 spiro atoms. The zero-order valence-corrected chi connectivity index (χ0v) is 12.4. The minimum atomic E-state index is -0.150. The summed E-state index contributed by atoms with van der Waals surface area (Å²) in [5.74, 6) is -0.150. The van der Waals surface area contributed by atoms with Crippen molar-refractivity contribution in [3.63, 3.8) is 0 Å². The molecule has 0 radical (unpaired) electrons. The summed E-state index contributed by atoms with van der Waals surface area (Å²) in [5.41, 5.74) is 7.58. The Labute approximate surface area is 120 Å². The van der Waals surface area contributed by atoms with Gasteiger partial charge in [-0.25, -0.2) is 4.39 Å². The van der Waals surface area contributed by atoms with E-state index in [0.717, 1.165) is 37.9 Å². The average molecular weight is 280 g/mol. The number of anilines is 1. The molecule has 0 saturated carbocycles. The molecule has 2 rings (SSSR count). The number of halogens is 1. The topological polar surface area (TPSA) is 38.5 Å². The molecule has 2 unspecified atom stereocenters. The molecule has 1 aliphatic rings. The van der Waals surface area contributed by atoms with Gasteiger partial charge in [-0.1, -0.05) is 19.9 Å². The van der Waals surface area contributed by atoms with Crippen LogP contribution < -0.4 is 10.6 Å². The summed E-state index contributed by atoms with van der Waals surface area (Å²) in [5, 5.41) is 0. The van der Waals surface area contributed by atoms with Crippen LogP contribution in [0.4, 0.5) is 10.1 Å². The van der Waals surface area contributed by atoms with E-state index in [9.17, 15) is 4.39 Å². The minimum Gasteiger partial charge on any atom is -0.375 e. The predicted molar refractivity (Wildman–Crippen MR) is 80.6 cm³/mol. The molecule has 2 N–H and O–H groups in total. The van der Waals surface area contributed by atoms with Crippen LogP contribution in [0.5, 0.6) is 0 Å². The third-order valence-electron chi connectivity index (χ3n) is 3.97. The highest BCUT2D eigenvalue weighted by atomic mass is 19.1. The third kappa shape index (κ3) is 3.70. The number of ether oxygens (including phenoxy) is 1. The highest BCUT2D eigenvalue weighted by Crippen LogP contribution is 2.24. The highest BCUT2D eigenvalue weighted by Gasteiger charge is 2.21. The molecule has 0 bridgehead atoms. The molecule has 4 heteroatoms. The van der Waals surface area contributed by atoms with Crippen molar-refractivity contribution in [3.8, 4) is 0 Å². The first-order chi connectivity index (χ1) is 9.63. The second kappa shape index (κ2) is 7.04. The molecule has 1 saturated heterocycles. The smallest absolute Gasteiger partial charge is 0.146 e. The van der Waals surface area contributed by atoms with Crippen LogP contribution in [0.2, 0.25) is 0 Å². The minimum absolute atomic E-state index is 0.105. The van der Waals surface area contributed by atoms with Crippen LogP contribution in [0.25, 0.3) is 0 Å². The quantitative estimate of drug-likeness (QED) is 0.901. The van der Waals surface area contributed by atoms with Crippen molar-refractivity contribution in [3.05, 3.63) is 29.6 Å². The molecule has 1 aromatic rings. The van der Waals surface area contributed by atoms with Gasteiger partial charge < -0.3 is 15.4 Å². The molecule has 20 heavy (non-hydrogen) atoms. The van der Waals surface area contributed by atoms with Gasteiger partial charge in [0.25, 0.3) is 0 Å². The van der Waals surface area contributed by atoms with Gasteiger partial charge in [0.2, 0.25) is 0 Å². The Morgan fingerprint density at radius 3 is 2.90 bits per heavy atom. The van der Waals surface area contributed by atoms with Crippen LogP contribution in [0, 0.1) is 5.82 Å². The normalized spacial score (nSPS) is 21.0. The summed E-state index contributed by atoms with van der Waals surface area (Å²) in [6, 6.07) is 5.60. The lowest BCUT2D eigenvalue weighted by molar-refractivity contribution is 0.0382. The number of rotatable bonds is 5. The first kappa shape index (κ1) is 15.3. The zero-order chi connectivity index (χ0) is 14.5. The molecule has 1 fully saturated rings. The lowest BCUT2D eigenvalue weighted by atomic mass is 10.0. The summed E-state index contributed by atoms with van der Waals surface area (Å²) in [4.78, 5) is 2.08. The maximum Gasteiger partial charge on any atom is 0.146 e. The molecule has 2 atom stereocenters. The van der Waals surface area contributed by atoms with E-state index < -0.39 is 0 Å². The van der Waals surface area contributed by atoms with Crippen molar-refractivity contribution in [2.24, 2.45) is 5.73 Å². The number of hydrogen-bond acceptors (Lipinski definition) is 3.